The van der Waals surface area contributed by atoms with E-state index in [0.29, 0.717) is 17.6 Å². The van der Waals surface area contributed by atoms with Gasteiger partial charge in [0, 0.05) is 17.3 Å². The Balaban J connectivity index is 2.76. The highest BCUT2D eigenvalue weighted by Gasteiger charge is 2.04. The molecule has 1 unspecified atom stereocenters. The minimum Gasteiger partial charge on any atom is -0.382 e. The van der Waals surface area contributed by atoms with Crippen molar-refractivity contribution >= 4 is 39.2 Å². The highest BCUT2D eigenvalue weighted by atomic mass is 79.9. The molecule has 0 bridgehead atoms. The first-order valence-electron chi connectivity index (χ1n) is 5.32. The Morgan fingerprint density at radius 3 is 2.89 bits per heavy atom. The van der Waals surface area contributed by atoms with E-state index in [-0.39, 0.29) is 6.04 Å². The molecule has 0 saturated heterocycles. The van der Waals surface area contributed by atoms with Crippen molar-refractivity contribution in [3.05, 3.63) is 27.7 Å². The number of methoxy groups -OCH3 is 1. The molecule has 0 spiro atoms. The van der Waals surface area contributed by atoms with Gasteiger partial charge in [0.25, 0.3) is 0 Å². The summed E-state index contributed by atoms with van der Waals surface area (Å²) < 4.78 is 5.84. The Bertz CT molecular complexity index is 428. The first-order valence-corrected chi connectivity index (χ1v) is 6.49. The number of hydrogen-bond acceptors (Lipinski definition) is 3. The van der Waals surface area contributed by atoms with Crippen LogP contribution in [0.2, 0.25) is 5.02 Å². The van der Waals surface area contributed by atoms with Crippen LogP contribution in [0.25, 0.3) is 0 Å². The van der Waals surface area contributed by atoms with Gasteiger partial charge in [0.05, 0.1) is 17.7 Å². The molecule has 0 saturated carbocycles. The molecule has 0 aromatic heterocycles. The zero-order valence-electron chi connectivity index (χ0n) is 10.2. The number of aliphatic imine (C=N–C) groups is 1. The van der Waals surface area contributed by atoms with E-state index in [1.54, 1.807) is 13.2 Å². The number of nitrogens with two attached hydrogens (primary N) is 1. The minimum atomic E-state index is -0.000490. The average Bonchev–Trinajstić information content (AvgIpc) is 2.33. The Hall–Kier alpha value is -0.820. The maximum atomic E-state index is 6.00. The molecule has 100 valence electrons. The summed E-state index contributed by atoms with van der Waals surface area (Å²) >= 11 is 9.32. The number of guanidine groups is 1. The lowest BCUT2D eigenvalue weighted by atomic mass is 10.3. The molecule has 0 heterocycles. The van der Waals surface area contributed by atoms with Crippen LogP contribution < -0.4 is 16.6 Å². The molecule has 1 aromatic carbocycles. The second kappa shape index (κ2) is 7.58. The molecule has 0 aliphatic rings. The number of anilines is 1. The summed E-state index contributed by atoms with van der Waals surface area (Å²) in [5.74, 6) is 5.86. The van der Waals surface area contributed by atoms with Crippen LogP contribution in [-0.4, -0.2) is 25.7 Å². The van der Waals surface area contributed by atoms with Gasteiger partial charge >= 0.3 is 0 Å². The van der Waals surface area contributed by atoms with Crippen LogP contribution in [0.15, 0.2) is 27.7 Å². The Kier molecular flexibility index (Phi) is 6.42. The van der Waals surface area contributed by atoms with Gasteiger partial charge in [0.15, 0.2) is 0 Å². The van der Waals surface area contributed by atoms with E-state index in [0.717, 1.165) is 10.2 Å². The van der Waals surface area contributed by atoms with Crippen molar-refractivity contribution in [1.82, 2.24) is 5.43 Å². The molecule has 1 atom stereocenters. The highest BCUT2D eigenvalue weighted by Crippen LogP contribution is 2.25. The summed E-state index contributed by atoms with van der Waals surface area (Å²) in [7, 11) is 1.63. The van der Waals surface area contributed by atoms with Gasteiger partial charge in [-0.25, -0.2) is 10.8 Å². The highest BCUT2D eigenvalue weighted by molar-refractivity contribution is 9.10. The molecular formula is C11H16BrClN4O. The number of halogens is 2. The summed E-state index contributed by atoms with van der Waals surface area (Å²) in [6, 6.07) is 5.49. The van der Waals surface area contributed by atoms with E-state index in [4.69, 9.17) is 22.2 Å². The molecule has 1 rings (SSSR count). The fourth-order valence-electron chi connectivity index (χ4n) is 1.32. The van der Waals surface area contributed by atoms with Crippen molar-refractivity contribution in [2.45, 2.75) is 13.0 Å². The van der Waals surface area contributed by atoms with Gasteiger partial charge in [-0.05, 0) is 41.1 Å². The zero-order valence-corrected chi connectivity index (χ0v) is 12.5. The smallest absolute Gasteiger partial charge is 0.210 e. The maximum Gasteiger partial charge on any atom is 0.210 e. The lowest BCUT2D eigenvalue weighted by Gasteiger charge is -2.12. The van der Waals surface area contributed by atoms with E-state index in [2.05, 4.69) is 31.7 Å². The molecule has 0 amide bonds. The van der Waals surface area contributed by atoms with Crippen LogP contribution in [0.5, 0.6) is 0 Å². The van der Waals surface area contributed by atoms with E-state index in [1.165, 1.54) is 0 Å². The van der Waals surface area contributed by atoms with Crippen molar-refractivity contribution in [2.24, 2.45) is 10.8 Å². The summed E-state index contributed by atoms with van der Waals surface area (Å²) in [5, 5.41) is 3.65. The van der Waals surface area contributed by atoms with E-state index >= 15 is 0 Å². The number of benzene rings is 1. The largest absolute Gasteiger partial charge is 0.382 e. The fraction of sp³-hybridized carbons (Fsp3) is 0.364. The fourth-order valence-corrected chi connectivity index (χ4v) is 1.74. The van der Waals surface area contributed by atoms with E-state index < -0.39 is 0 Å². The number of rotatable bonds is 4. The molecule has 0 fully saturated rings. The molecule has 0 aliphatic carbocycles. The predicted octanol–water partition coefficient (Wildman–Crippen LogP) is 2.37. The van der Waals surface area contributed by atoms with Crippen LogP contribution in [0.3, 0.4) is 0 Å². The van der Waals surface area contributed by atoms with Gasteiger partial charge in [-0.2, -0.15) is 0 Å². The number of nitrogens with zero attached hydrogens (tertiary/aromatic N) is 1. The van der Waals surface area contributed by atoms with Crippen LogP contribution in [0, 0.1) is 0 Å². The second-order valence-electron chi connectivity index (χ2n) is 3.68. The van der Waals surface area contributed by atoms with Gasteiger partial charge in [0.1, 0.15) is 0 Å². The maximum absolute atomic E-state index is 6.00. The topological polar surface area (TPSA) is 71.7 Å². The SMILES string of the molecule is COCC(C)N=C(NN)Nc1ccc(Br)c(Cl)c1. The Labute approximate surface area is 120 Å². The van der Waals surface area contributed by atoms with Crippen molar-refractivity contribution in [1.29, 1.82) is 0 Å². The van der Waals surface area contributed by atoms with Gasteiger partial charge in [-0.3, -0.25) is 5.43 Å². The van der Waals surface area contributed by atoms with Crippen molar-refractivity contribution in [3.8, 4) is 0 Å². The molecule has 7 heteroatoms. The Morgan fingerprint density at radius 1 is 1.61 bits per heavy atom. The quantitative estimate of drug-likeness (QED) is 0.342. The third-order valence-corrected chi connectivity index (χ3v) is 3.31. The van der Waals surface area contributed by atoms with Crippen LogP contribution >= 0.6 is 27.5 Å². The van der Waals surface area contributed by atoms with Crippen LogP contribution in [0.4, 0.5) is 5.69 Å². The third-order valence-electron chi connectivity index (χ3n) is 2.08. The zero-order chi connectivity index (χ0) is 13.5. The van der Waals surface area contributed by atoms with Gasteiger partial charge in [0.2, 0.25) is 5.96 Å². The predicted molar refractivity (Wildman–Crippen MR) is 78.9 cm³/mol. The van der Waals surface area contributed by atoms with Gasteiger partial charge < -0.3 is 10.1 Å². The number of hydrogen-bond donors (Lipinski definition) is 3. The van der Waals surface area contributed by atoms with Crippen molar-refractivity contribution in [3.63, 3.8) is 0 Å². The van der Waals surface area contributed by atoms with E-state index in [1.807, 2.05) is 19.1 Å². The Morgan fingerprint density at radius 2 is 2.33 bits per heavy atom. The lowest BCUT2D eigenvalue weighted by Crippen LogP contribution is -2.37. The first kappa shape index (κ1) is 15.2. The first-order chi connectivity index (χ1) is 8.56. The molecular weight excluding hydrogens is 320 g/mol. The lowest BCUT2D eigenvalue weighted by molar-refractivity contribution is 0.185. The molecule has 0 aliphatic heterocycles. The average molecular weight is 336 g/mol. The van der Waals surface area contributed by atoms with Crippen LogP contribution in [-0.2, 0) is 4.74 Å². The van der Waals surface area contributed by atoms with Crippen LogP contribution in [0.1, 0.15) is 6.92 Å². The summed E-state index contributed by atoms with van der Waals surface area (Å²) in [5.41, 5.74) is 3.30. The second-order valence-corrected chi connectivity index (χ2v) is 4.94. The van der Waals surface area contributed by atoms with E-state index in [9.17, 15) is 0 Å². The molecule has 5 nitrogen and oxygen atoms in total. The standard InChI is InChI=1S/C11H16BrClN4O/c1-7(6-18-2)15-11(17-14)16-8-3-4-9(12)10(13)5-8/h3-5,7H,6,14H2,1-2H3,(H2,15,16,17). The molecule has 18 heavy (non-hydrogen) atoms. The third kappa shape index (κ3) is 4.81. The van der Waals surface area contributed by atoms with Gasteiger partial charge in [-0.15, -0.1) is 0 Å². The number of ether oxygens (including phenoxy) is 1. The normalized spacial score (nSPS) is 13.3. The van der Waals surface area contributed by atoms with Crippen molar-refractivity contribution in [2.75, 3.05) is 19.0 Å². The summed E-state index contributed by atoms with van der Waals surface area (Å²) in [4.78, 5) is 4.32. The number of nitrogens with one attached hydrogen (secondary N) is 2. The number of hydrazine groups is 1. The van der Waals surface area contributed by atoms with Gasteiger partial charge in [-0.1, -0.05) is 11.6 Å². The molecule has 1 aromatic rings. The molecule has 4 N–H and O–H groups in total. The summed E-state index contributed by atoms with van der Waals surface area (Å²) in [6.45, 7) is 2.45. The van der Waals surface area contributed by atoms with Crippen molar-refractivity contribution < 1.29 is 4.74 Å². The monoisotopic (exact) mass is 334 g/mol. The minimum absolute atomic E-state index is 0.000490. The summed E-state index contributed by atoms with van der Waals surface area (Å²) in [6.07, 6.45) is 0. The molecule has 0 radical (unpaired) electrons.